The van der Waals surface area contributed by atoms with Crippen molar-refractivity contribution in [3.8, 4) is 0 Å². The molecule has 0 aliphatic heterocycles. The topological polar surface area (TPSA) is 29.5 Å². The van der Waals surface area contributed by atoms with Gasteiger partial charge >= 0.3 is 5.97 Å². The lowest BCUT2D eigenvalue weighted by Gasteiger charge is -2.42. The third kappa shape index (κ3) is 5.32. The number of hydrogen-bond donors (Lipinski definition) is 0. The summed E-state index contributed by atoms with van der Waals surface area (Å²) in [6, 6.07) is 4.58. The summed E-state index contributed by atoms with van der Waals surface area (Å²) < 4.78 is 5.85. The first-order valence-corrected chi connectivity index (χ1v) is 9.97. The molecule has 4 heteroatoms. The first-order chi connectivity index (χ1) is 11.2. The van der Waals surface area contributed by atoms with Gasteiger partial charge in [0.15, 0.2) is 0 Å². The lowest BCUT2D eigenvalue weighted by atomic mass is 9.80. The molecule has 0 saturated heterocycles. The summed E-state index contributed by atoms with van der Waals surface area (Å²) in [5, 5.41) is 2.10. The molecule has 0 unspecified atom stereocenters. The Hall–Kier alpha value is -0.870. The zero-order valence-electron chi connectivity index (χ0n) is 14.8. The van der Waals surface area contributed by atoms with Gasteiger partial charge in [-0.15, -0.1) is 11.3 Å². The van der Waals surface area contributed by atoms with Gasteiger partial charge < -0.3 is 4.74 Å². The minimum Gasteiger partial charge on any atom is -0.460 e. The maximum atomic E-state index is 11.7. The molecule has 1 aliphatic carbocycles. The number of likely N-dealkylation sites (N-methyl/N-ethyl adjacent to an activating group) is 1. The monoisotopic (exact) mass is 337 g/mol. The Morgan fingerprint density at radius 1 is 1.30 bits per heavy atom. The van der Waals surface area contributed by atoms with Crippen LogP contribution in [0.4, 0.5) is 0 Å². The van der Waals surface area contributed by atoms with Gasteiger partial charge in [0.05, 0.1) is 0 Å². The largest absolute Gasteiger partial charge is 0.460 e. The molecule has 0 bridgehead atoms. The Bertz CT molecular complexity index is 450. The van der Waals surface area contributed by atoms with Gasteiger partial charge in [0.25, 0.3) is 0 Å². The fourth-order valence-electron chi connectivity index (χ4n) is 4.03. The molecule has 1 aromatic rings. The number of rotatable bonds is 8. The van der Waals surface area contributed by atoms with Gasteiger partial charge in [0, 0.05) is 24.3 Å². The summed E-state index contributed by atoms with van der Waals surface area (Å²) in [5.74, 6) is 0.493. The summed E-state index contributed by atoms with van der Waals surface area (Å²) in [7, 11) is 0. The predicted octanol–water partition coefficient (Wildman–Crippen LogP) is 4.51. The minimum atomic E-state index is -0.153. The lowest BCUT2D eigenvalue weighted by Crippen LogP contribution is -2.51. The van der Waals surface area contributed by atoms with E-state index in [0.29, 0.717) is 12.0 Å². The van der Waals surface area contributed by atoms with Crippen LogP contribution in [-0.4, -0.2) is 36.1 Å². The molecule has 0 N–H and O–H groups in total. The van der Waals surface area contributed by atoms with E-state index < -0.39 is 0 Å². The summed E-state index contributed by atoms with van der Waals surface area (Å²) in [5.41, 5.74) is 0. The first-order valence-electron chi connectivity index (χ1n) is 9.09. The number of nitrogens with zero attached hydrogens (tertiary/aromatic N) is 1. The molecule has 0 amide bonds. The first kappa shape index (κ1) is 18.5. The van der Waals surface area contributed by atoms with E-state index in [2.05, 4.69) is 36.3 Å². The maximum Gasteiger partial charge on any atom is 0.302 e. The molecule has 2 atom stereocenters. The van der Waals surface area contributed by atoms with E-state index in [-0.39, 0.29) is 12.1 Å². The third-order valence-corrected chi connectivity index (χ3v) is 5.95. The quantitative estimate of drug-likeness (QED) is 0.654. The van der Waals surface area contributed by atoms with Crippen molar-refractivity contribution in [1.29, 1.82) is 0 Å². The van der Waals surface area contributed by atoms with E-state index in [9.17, 15) is 4.79 Å². The molecule has 1 heterocycles. The smallest absolute Gasteiger partial charge is 0.302 e. The van der Waals surface area contributed by atoms with Gasteiger partial charge in [0.1, 0.15) is 6.10 Å². The molecule has 1 fully saturated rings. The van der Waals surface area contributed by atoms with Crippen LogP contribution in [-0.2, 0) is 16.0 Å². The van der Waals surface area contributed by atoms with Gasteiger partial charge in [-0.3, -0.25) is 9.69 Å². The second-order valence-corrected chi connectivity index (χ2v) is 7.57. The number of ether oxygens (including phenoxy) is 1. The molecule has 3 nitrogen and oxygen atoms in total. The zero-order valence-corrected chi connectivity index (χ0v) is 15.6. The molecule has 1 saturated carbocycles. The molecule has 0 radical (unpaired) electrons. The van der Waals surface area contributed by atoms with Crippen LogP contribution in [0.15, 0.2) is 17.5 Å². The highest BCUT2D eigenvalue weighted by Gasteiger charge is 2.36. The fourth-order valence-corrected chi connectivity index (χ4v) is 4.78. The predicted molar refractivity (Wildman–Crippen MR) is 96.9 cm³/mol. The maximum absolute atomic E-state index is 11.7. The molecular weight excluding hydrogens is 306 g/mol. The van der Waals surface area contributed by atoms with Crippen LogP contribution >= 0.6 is 11.3 Å². The molecule has 0 spiro atoms. The molecule has 2 rings (SSSR count). The Labute approximate surface area is 145 Å². The van der Waals surface area contributed by atoms with Gasteiger partial charge in [0.2, 0.25) is 0 Å². The molecular formula is C19H31NO2S. The van der Waals surface area contributed by atoms with Crippen LogP contribution in [0, 0.1) is 5.92 Å². The van der Waals surface area contributed by atoms with Gasteiger partial charge in [-0.05, 0) is 43.3 Å². The third-order valence-electron chi connectivity index (χ3n) is 5.05. The van der Waals surface area contributed by atoms with E-state index in [1.807, 2.05) is 0 Å². The van der Waals surface area contributed by atoms with Gasteiger partial charge in [-0.1, -0.05) is 39.2 Å². The Morgan fingerprint density at radius 2 is 2.00 bits per heavy atom. The van der Waals surface area contributed by atoms with Gasteiger partial charge in [-0.25, -0.2) is 0 Å². The number of carbonyl (C=O) groups excluding carboxylic acids is 1. The summed E-state index contributed by atoms with van der Waals surface area (Å²) in [4.78, 5) is 15.6. The van der Waals surface area contributed by atoms with Crippen molar-refractivity contribution in [2.24, 2.45) is 5.92 Å². The fraction of sp³-hybridized carbons (Fsp3) is 0.737. The molecule has 1 aliphatic rings. The van der Waals surface area contributed by atoms with Crippen LogP contribution in [0.1, 0.15) is 57.8 Å². The Kier molecular flexibility index (Phi) is 7.57. The van der Waals surface area contributed by atoms with Crippen LogP contribution in [0.5, 0.6) is 0 Å². The van der Waals surface area contributed by atoms with E-state index in [4.69, 9.17) is 4.74 Å². The molecule has 0 aromatic carbocycles. The van der Waals surface area contributed by atoms with Crippen LogP contribution in [0.25, 0.3) is 0 Å². The van der Waals surface area contributed by atoms with E-state index in [1.54, 1.807) is 18.3 Å². The summed E-state index contributed by atoms with van der Waals surface area (Å²) >= 11 is 1.76. The second-order valence-electron chi connectivity index (χ2n) is 6.54. The van der Waals surface area contributed by atoms with Crippen molar-refractivity contribution in [3.63, 3.8) is 0 Å². The van der Waals surface area contributed by atoms with Crippen LogP contribution < -0.4 is 0 Å². The number of hydrogen-bond acceptors (Lipinski definition) is 4. The van der Waals surface area contributed by atoms with Crippen LogP contribution in [0.2, 0.25) is 0 Å². The second kappa shape index (κ2) is 9.43. The minimum absolute atomic E-state index is 0.0332. The standard InChI is InChI=1S/C19H31NO2S/c1-4-20(5-2)19(16-10-7-6-8-11-16)18(22-15(3)21)14-17-12-9-13-23-17/h9,12-13,16,18-19H,4-8,10-11,14H2,1-3H3/t18-,19+/m1/s1. The SMILES string of the molecule is CCN(CC)[C@@H](C1CCCCC1)[C@@H](Cc1cccs1)OC(C)=O. The highest BCUT2D eigenvalue weighted by Crippen LogP contribution is 2.33. The van der Waals surface area contributed by atoms with Crippen molar-refractivity contribution < 1.29 is 9.53 Å². The summed E-state index contributed by atoms with van der Waals surface area (Å²) in [6.45, 7) is 8.01. The number of esters is 1. The van der Waals surface area contributed by atoms with Crippen molar-refractivity contribution >= 4 is 17.3 Å². The zero-order chi connectivity index (χ0) is 16.7. The van der Waals surface area contributed by atoms with E-state index in [1.165, 1.54) is 37.0 Å². The average Bonchev–Trinajstić information content (AvgIpc) is 3.05. The Morgan fingerprint density at radius 3 is 2.52 bits per heavy atom. The summed E-state index contributed by atoms with van der Waals surface area (Å²) in [6.07, 6.45) is 7.32. The van der Waals surface area contributed by atoms with E-state index >= 15 is 0 Å². The normalized spacial score (nSPS) is 18.8. The highest BCUT2D eigenvalue weighted by molar-refractivity contribution is 7.09. The molecule has 23 heavy (non-hydrogen) atoms. The van der Waals surface area contributed by atoms with Crippen LogP contribution in [0.3, 0.4) is 0 Å². The lowest BCUT2D eigenvalue weighted by molar-refractivity contribution is -0.151. The highest BCUT2D eigenvalue weighted by atomic mass is 32.1. The van der Waals surface area contributed by atoms with Crippen molar-refractivity contribution in [3.05, 3.63) is 22.4 Å². The van der Waals surface area contributed by atoms with Crippen molar-refractivity contribution in [2.75, 3.05) is 13.1 Å². The van der Waals surface area contributed by atoms with Crippen molar-refractivity contribution in [1.82, 2.24) is 4.90 Å². The Balaban J connectivity index is 2.22. The number of thiophene rings is 1. The van der Waals surface area contributed by atoms with E-state index in [0.717, 1.165) is 19.5 Å². The average molecular weight is 338 g/mol. The van der Waals surface area contributed by atoms with Gasteiger partial charge in [-0.2, -0.15) is 0 Å². The van der Waals surface area contributed by atoms with Crippen molar-refractivity contribution in [2.45, 2.75) is 71.4 Å². The molecule has 130 valence electrons. The molecule has 1 aromatic heterocycles. The number of carbonyl (C=O) groups is 1.